The molecule has 3 heterocycles. The van der Waals surface area contributed by atoms with Gasteiger partial charge in [-0.15, -0.1) is 0 Å². The number of nitrogens with zero attached hydrogens (tertiary/aromatic N) is 4. The van der Waals surface area contributed by atoms with Gasteiger partial charge in [0.25, 0.3) is 0 Å². The van der Waals surface area contributed by atoms with Crippen molar-refractivity contribution in [2.24, 2.45) is 5.73 Å². The lowest BCUT2D eigenvalue weighted by atomic mass is 10.0. The van der Waals surface area contributed by atoms with E-state index < -0.39 is 5.97 Å². The summed E-state index contributed by atoms with van der Waals surface area (Å²) in [5.41, 5.74) is 5.55. The maximum atomic E-state index is 12.6. The third-order valence-corrected chi connectivity index (χ3v) is 5.97. The van der Waals surface area contributed by atoms with Crippen LogP contribution in [0.2, 0.25) is 0 Å². The van der Waals surface area contributed by atoms with Crippen LogP contribution in [0.1, 0.15) is 12.8 Å². The van der Waals surface area contributed by atoms with Gasteiger partial charge in [0, 0.05) is 52.1 Å². The fraction of sp³-hybridized carbons (Fsp3) is 0.812. The maximum Gasteiger partial charge on any atom is 0.517 e. The van der Waals surface area contributed by atoms with Crippen molar-refractivity contribution in [1.29, 1.82) is 5.41 Å². The van der Waals surface area contributed by atoms with E-state index in [1.807, 2.05) is 16.8 Å². The molecule has 146 valence electrons. The predicted octanol–water partition coefficient (Wildman–Crippen LogP) is -1.03. The van der Waals surface area contributed by atoms with E-state index in [0.717, 1.165) is 12.8 Å². The van der Waals surface area contributed by atoms with E-state index in [-0.39, 0.29) is 35.4 Å². The first kappa shape index (κ1) is 18.9. The fourth-order valence-electron chi connectivity index (χ4n) is 4.24. The summed E-state index contributed by atoms with van der Waals surface area (Å²) in [7, 11) is 1.94. The molecule has 0 bridgehead atoms. The minimum Gasteiger partial charge on any atom is -0.480 e. The highest BCUT2D eigenvalue weighted by Gasteiger charge is 2.53. The molecular formula is C16H29N6O4+. The monoisotopic (exact) mass is 369 g/mol. The average molecular weight is 369 g/mol. The van der Waals surface area contributed by atoms with E-state index in [1.54, 1.807) is 0 Å². The smallest absolute Gasteiger partial charge is 0.480 e. The Hall–Kier alpha value is -1.91. The van der Waals surface area contributed by atoms with Crippen molar-refractivity contribution in [2.75, 3.05) is 59.4 Å². The summed E-state index contributed by atoms with van der Waals surface area (Å²) in [5, 5.41) is 16.4. The minimum absolute atomic E-state index is 0.0563. The van der Waals surface area contributed by atoms with Gasteiger partial charge in [0.2, 0.25) is 6.23 Å². The van der Waals surface area contributed by atoms with Crippen molar-refractivity contribution < 1.29 is 23.9 Å². The number of carboxylic acids is 1. The van der Waals surface area contributed by atoms with Gasteiger partial charge in [-0.05, 0) is 0 Å². The van der Waals surface area contributed by atoms with Crippen LogP contribution in [0.4, 0.5) is 4.79 Å². The van der Waals surface area contributed by atoms with Gasteiger partial charge in [0.1, 0.15) is 12.6 Å². The van der Waals surface area contributed by atoms with Crippen molar-refractivity contribution in [3.63, 3.8) is 0 Å². The molecule has 0 aliphatic carbocycles. The van der Waals surface area contributed by atoms with E-state index >= 15 is 0 Å². The molecule has 3 saturated heterocycles. The fourth-order valence-corrected chi connectivity index (χ4v) is 4.24. The van der Waals surface area contributed by atoms with Gasteiger partial charge in [-0.3, -0.25) is 20.0 Å². The molecule has 3 fully saturated rings. The number of piperidine rings is 1. The molecule has 4 N–H and O–H groups in total. The van der Waals surface area contributed by atoms with Crippen molar-refractivity contribution >= 4 is 18.0 Å². The molecule has 10 heteroatoms. The number of likely N-dealkylation sites (N-methyl/N-ethyl adjacent to an activating group) is 1. The van der Waals surface area contributed by atoms with Crippen LogP contribution in [0.25, 0.3) is 0 Å². The van der Waals surface area contributed by atoms with E-state index in [1.165, 1.54) is 0 Å². The number of hydrogen-bond donors (Lipinski definition) is 3. The Balaban J connectivity index is 1.55. The molecule has 3 aliphatic rings. The Morgan fingerprint density at radius 3 is 2.42 bits per heavy atom. The van der Waals surface area contributed by atoms with Gasteiger partial charge in [-0.2, -0.15) is 4.79 Å². The largest absolute Gasteiger partial charge is 0.517 e. The maximum absolute atomic E-state index is 12.6. The van der Waals surface area contributed by atoms with Crippen LogP contribution in [-0.4, -0.2) is 114 Å². The van der Waals surface area contributed by atoms with Crippen LogP contribution in [0.15, 0.2) is 0 Å². The number of hydrogen-bond acceptors (Lipinski definition) is 6. The van der Waals surface area contributed by atoms with Crippen molar-refractivity contribution in [3.8, 4) is 0 Å². The number of aliphatic carboxylic acids is 1. The zero-order valence-electron chi connectivity index (χ0n) is 15.3. The number of quaternary nitrogens is 1. The zero-order valence-corrected chi connectivity index (χ0v) is 15.3. The Morgan fingerprint density at radius 2 is 1.88 bits per heavy atom. The lowest BCUT2D eigenvalue weighted by molar-refractivity contribution is -0.852. The zero-order chi connectivity index (χ0) is 18.9. The summed E-state index contributed by atoms with van der Waals surface area (Å²) < 4.78 is 5.97. The van der Waals surface area contributed by atoms with Gasteiger partial charge in [0.05, 0.1) is 13.6 Å². The first-order valence-corrected chi connectivity index (χ1v) is 9.13. The molecule has 0 radical (unpaired) electrons. The second-order valence-corrected chi connectivity index (χ2v) is 7.60. The Labute approximate surface area is 153 Å². The van der Waals surface area contributed by atoms with E-state index in [4.69, 9.17) is 21.0 Å². The number of carbonyl (C=O) groups is 2. The molecule has 2 unspecified atom stereocenters. The number of rotatable bonds is 4. The number of cyclic esters (lactones) is 1. The number of ether oxygens (including phenoxy) is 1. The van der Waals surface area contributed by atoms with Crippen LogP contribution in [0, 0.1) is 5.41 Å². The van der Waals surface area contributed by atoms with Crippen LogP contribution < -0.4 is 5.73 Å². The van der Waals surface area contributed by atoms with Gasteiger partial charge in [-0.25, -0.2) is 4.48 Å². The highest BCUT2D eigenvalue weighted by atomic mass is 16.6. The Morgan fingerprint density at radius 1 is 1.27 bits per heavy atom. The quantitative estimate of drug-likeness (QED) is 0.327. The molecule has 0 saturated carbocycles. The van der Waals surface area contributed by atoms with E-state index in [2.05, 4.69) is 4.90 Å². The summed E-state index contributed by atoms with van der Waals surface area (Å²) >= 11 is 0. The predicted molar refractivity (Wildman–Crippen MR) is 93.5 cm³/mol. The molecule has 26 heavy (non-hydrogen) atoms. The normalized spacial score (nSPS) is 31.8. The number of amides is 1. The number of carboxylic acid groups (broad SMARTS) is 1. The summed E-state index contributed by atoms with van der Waals surface area (Å²) in [4.78, 5) is 29.3. The highest BCUT2D eigenvalue weighted by Crippen LogP contribution is 2.30. The molecule has 0 aromatic carbocycles. The third-order valence-electron chi connectivity index (χ3n) is 5.97. The highest BCUT2D eigenvalue weighted by molar-refractivity contribution is 5.74. The van der Waals surface area contributed by atoms with Gasteiger partial charge in [-0.1, -0.05) is 0 Å². The summed E-state index contributed by atoms with van der Waals surface area (Å²) in [6, 6.07) is 0.177. The van der Waals surface area contributed by atoms with Gasteiger partial charge < -0.3 is 20.5 Å². The molecule has 0 aromatic heterocycles. The first-order chi connectivity index (χ1) is 12.3. The van der Waals surface area contributed by atoms with E-state index in [9.17, 15) is 9.59 Å². The molecule has 3 aliphatic heterocycles. The number of guanidine groups is 1. The topological polar surface area (TPSA) is 123 Å². The Bertz CT molecular complexity index is 571. The number of likely N-dealkylation sites (tertiary alicyclic amines) is 1. The molecular weight excluding hydrogens is 340 g/mol. The standard InChI is InChI=1S/C16H28N6O4/c1-22(12-2-4-21(5-3-12)15(17)18)11-13(26-16(22)25)20-8-6-19(7-9-20)10-14(23)24/h12-13H,2-11H2,1H3,(H3-,17,18,23,24)/p+1. The van der Waals surface area contributed by atoms with Crippen molar-refractivity contribution in [3.05, 3.63) is 0 Å². The van der Waals surface area contributed by atoms with Gasteiger partial charge >= 0.3 is 12.1 Å². The third kappa shape index (κ3) is 3.76. The molecule has 2 atom stereocenters. The summed E-state index contributed by atoms with van der Waals surface area (Å²) in [6.45, 7) is 4.80. The molecule has 10 nitrogen and oxygen atoms in total. The SMILES string of the molecule is C[N+]1(C2CCN(C(=N)N)CC2)CC(N2CCN(CC(=O)O)CC2)OC1=O. The number of carbonyl (C=O) groups excluding carboxylic acids is 1. The van der Waals surface area contributed by atoms with Gasteiger partial charge in [0.15, 0.2) is 5.96 Å². The number of piperazine rings is 1. The second-order valence-electron chi connectivity index (χ2n) is 7.60. The minimum atomic E-state index is -0.813. The number of nitrogens with two attached hydrogens (primary N) is 1. The second kappa shape index (κ2) is 7.37. The van der Waals surface area contributed by atoms with Crippen LogP contribution in [0.5, 0.6) is 0 Å². The van der Waals surface area contributed by atoms with Crippen molar-refractivity contribution in [1.82, 2.24) is 14.7 Å². The molecule has 0 spiro atoms. The van der Waals surface area contributed by atoms with Crippen LogP contribution in [-0.2, 0) is 9.53 Å². The Kier molecular flexibility index (Phi) is 5.35. The van der Waals surface area contributed by atoms with E-state index in [0.29, 0.717) is 45.8 Å². The van der Waals surface area contributed by atoms with Crippen LogP contribution >= 0.6 is 0 Å². The first-order valence-electron chi connectivity index (χ1n) is 9.13. The molecule has 0 aromatic rings. The van der Waals surface area contributed by atoms with Crippen molar-refractivity contribution in [2.45, 2.75) is 25.1 Å². The molecule has 3 rings (SSSR count). The lowest BCUT2D eigenvalue weighted by Crippen LogP contribution is -2.59. The van der Waals surface area contributed by atoms with Crippen LogP contribution in [0.3, 0.4) is 0 Å². The lowest BCUT2D eigenvalue weighted by Gasteiger charge is -2.39. The number of nitrogens with one attached hydrogen (secondary N) is 1. The molecule has 1 amide bonds. The summed E-state index contributed by atoms with van der Waals surface area (Å²) in [5.74, 6) is -0.723. The summed E-state index contributed by atoms with van der Waals surface area (Å²) in [6.07, 6.45) is 1.18. The average Bonchev–Trinajstić information content (AvgIpc) is 2.91.